The van der Waals surface area contributed by atoms with E-state index in [4.69, 9.17) is 0 Å². The van der Waals surface area contributed by atoms with Gasteiger partial charge in [0.15, 0.2) is 0 Å². The molecule has 7 nitrogen and oxygen atoms in total. The number of aryl methyl sites for hydroxylation is 2. The number of amides is 2. The van der Waals surface area contributed by atoms with Crippen LogP contribution in [-0.4, -0.2) is 39.7 Å². The Labute approximate surface area is 181 Å². The van der Waals surface area contributed by atoms with E-state index in [2.05, 4.69) is 51.9 Å². The molecule has 1 aliphatic heterocycles. The van der Waals surface area contributed by atoms with Gasteiger partial charge >= 0.3 is 0 Å². The van der Waals surface area contributed by atoms with Crippen LogP contribution >= 0.6 is 0 Å². The predicted octanol–water partition coefficient (Wildman–Crippen LogP) is 2.55. The van der Waals surface area contributed by atoms with Crippen LogP contribution in [0, 0.1) is 12.8 Å². The van der Waals surface area contributed by atoms with Crippen molar-refractivity contribution in [2.24, 2.45) is 5.92 Å². The number of benzene rings is 1. The lowest BCUT2D eigenvalue weighted by atomic mass is 9.94. The average Bonchev–Trinajstić information content (AvgIpc) is 3.22. The summed E-state index contributed by atoms with van der Waals surface area (Å²) in [6.45, 7) is 3.95. The third-order valence-corrected chi connectivity index (χ3v) is 5.72. The van der Waals surface area contributed by atoms with Crippen LogP contribution in [-0.2, 0) is 19.4 Å². The van der Waals surface area contributed by atoms with E-state index < -0.39 is 0 Å². The maximum Gasteiger partial charge on any atom is 0.254 e. The van der Waals surface area contributed by atoms with Crippen LogP contribution in [0.3, 0.4) is 0 Å². The van der Waals surface area contributed by atoms with Gasteiger partial charge in [0.05, 0.1) is 23.0 Å². The molecule has 2 amide bonds. The highest BCUT2D eigenvalue weighted by atomic mass is 16.2. The molecule has 2 N–H and O–H groups in total. The summed E-state index contributed by atoms with van der Waals surface area (Å²) in [5.41, 5.74) is 4.56. The number of nitrogens with one attached hydrogen (secondary N) is 2. The van der Waals surface area contributed by atoms with Crippen molar-refractivity contribution in [3.63, 3.8) is 0 Å². The molecule has 1 unspecified atom stereocenters. The van der Waals surface area contributed by atoms with Gasteiger partial charge in [0.2, 0.25) is 0 Å². The molecule has 3 heterocycles. The Bertz CT molecular complexity index is 1040. The Kier molecular flexibility index (Phi) is 6.40. The minimum atomic E-state index is -0.124. The predicted molar refractivity (Wildman–Crippen MR) is 118 cm³/mol. The Morgan fingerprint density at radius 2 is 1.94 bits per heavy atom. The molecule has 2 aromatic heterocycles. The fourth-order valence-electron chi connectivity index (χ4n) is 3.87. The molecule has 1 aliphatic rings. The summed E-state index contributed by atoms with van der Waals surface area (Å²) >= 11 is 0. The lowest BCUT2D eigenvalue weighted by Gasteiger charge is -2.24. The number of hydrogen-bond acceptors (Lipinski definition) is 4. The Morgan fingerprint density at radius 3 is 2.71 bits per heavy atom. The molecule has 0 radical (unpaired) electrons. The molecule has 0 aliphatic carbocycles. The number of aromatic nitrogens is 3. The lowest BCUT2D eigenvalue weighted by Crippen LogP contribution is -2.34. The zero-order chi connectivity index (χ0) is 21.6. The largest absolute Gasteiger partial charge is 0.352 e. The van der Waals surface area contributed by atoms with Crippen molar-refractivity contribution < 1.29 is 9.59 Å². The highest BCUT2D eigenvalue weighted by Gasteiger charge is 2.25. The Morgan fingerprint density at radius 1 is 1.10 bits per heavy atom. The van der Waals surface area contributed by atoms with E-state index in [1.54, 1.807) is 30.7 Å². The van der Waals surface area contributed by atoms with E-state index in [0.717, 1.165) is 25.1 Å². The second-order valence-electron chi connectivity index (χ2n) is 8.03. The van der Waals surface area contributed by atoms with Crippen LogP contribution in [0.1, 0.15) is 44.0 Å². The van der Waals surface area contributed by atoms with Crippen LogP contribution < -0.4 is 10.6 Å². The highest BCUT2D eigenvalue weighted by Crippen LogP contribution is 2.22. The third kappa shape index (κ3) is 5.17. The zero-order valence-electron chi connectivity index (χ0n) is 17.7. The van der Waals surface area contributed by atoms with Crippen LogP contribution in [0.15, 0.2) is 55.0 Å². The fraction of sp³-hybridized carbons (Fsp3) is 0.333. The minimum Gasteiger partial charge on any atom is -0.352 e. The average molecular weight is 418 g/mol. The van der Waals surface area contributed by atoms with E-state index in [1.165, 1.54) is 11.1 Å². The smallest absolute Gasteiger partial charge is 0.254 e. The van der Waals surface area contributed by atoms with E-state index in [1.807, 2.05) is 4.68 Å². The van der Waals surface area contributed by atoms with Gasteiger partial charge in [-0.25, -0.2) is 0 Å². The molecular weight excluding hydrogens is 390 g/mol. The van der Waals surface area contributed by atoms with Gasteiger partial charge in [-0.05, 0) is 49.8 Å². The first-order valence-electron chi connectivity index (χ1n) is 10.7. The van der Waals surface area contributed by atoms with Crippen molar-refractivity contribution in [2.75, 3.05) is 13.1 Å². The van der Waals surface area contributed by atoms with Crippen molar-refractivity contribution in [3.8, 4) is 0 Å². The number of nitrogens with zero attached hydrogens (tertiary/aromatic N) is 3. The summed E-state index contributed by atoms with van der Waals surface area (Å²) in [6.07, 6.45) is 7.28. The first kappa shape index (κ1) is 20.8. The molecular formula is C24H27N5O2. The highest BCUT2D eigenvalue weighted by molar-refractivity contribution is 5.95. The summed E-state index contributed by atoms with van der Waals surface area (Å²) in [6, 6.07) is 11.8. The molecule has 0 spiro atoms. The summed E-state index contributed by atoms with van der Waals surface area (Å²) in [5, 5.41) is 10.4. The standard InChI is InChI=1S/C24H27N5O2/c1-17-4-6-18(7-5-17)8-11-26-24(31)21-16-28-29-12-9-19(13-22(21)29)14-27-23(30)20-3-2-10-25-15-20/h2-7,10,15-16,19H,8-9,11-14H2,1H3,(H,26,31)(H,27,30). The summed E-state index contributed by atoms with van der Waals surface area (Å²) < 4.78 is 1.91. The van der Waals surface area contributed by atoms with Crippen molar-refractivity contribution >= 4 is 11.8 Å². The molecule has 7 heteroatoms. The number of fused-ring (bicyclic) bond motifs is 1. The van der Waals surface area contributed by atoms with Gasteiger partial charge in [0.1, 0.15) is 0 Å². The number of pyridine rings is 1. The number of carbonyl (C=O) groups is 2. The topological polar surface area (TPSA) is 88.9 Å². The van der Waals surface area contributed by atoms with Crippen molar-refractivity contribution in [1.29, 1.82) is 0 Å². The van der Waals surface area contributed by atoms with Gasteiger partial charge in [-0.1, -0.05) is 29.8 Å². The second-order valence-corrected chi connectivity index (χ2v) is 8.03. The Hall–Kier alpha value is -3.48. The summed E-state index contributed by atoms with van der Waals surface area (Å²) in [5.74, 6) is 0.0543. The van der Waals surface area contributed by atoms with Crippen LogP contribution in [0.25, 0.3) is 0 Å². The van der Waals surface area contributed by atoms with Crippen LogP contribution in [0.4, 0.5) is 0 Å². The first-order chi connectivity index (χ1) is 15.1. The van der Waals surface area contributed by atoms with Gasteiger partial charge in [0.25, 0.3) is 11.8 Å². The molecule has 0 saturated carbocycles. The monoisotopic (exact) mass is 417 g/mol. The minimum absolute atomic E-state index is 0.0894. The first-order valence-corrected chi connectivity index (χ1v) is 10.7. The van der Waals surface area contributed by atoms with Crippen molar-refractivity contribution in [1.82, 2.24) is 25.4 Å². The van der Waals surface area contributed by atoms with Crippen LogP contribution in [0.2, 0.25) is 0 Å². The molecule has 0 saturated heterocycles. The summed E-state index contributed by atoms with van der Waals surface area (Å²) in [4.78, 5) is 29.0. The SMILES string of the molecule is Cc1ccc(CCNC(=O)c2cnn3c2CC(CNC(=O)c2cccnc2)CC3)cc1. The third-order valence-electron chi connectivity index (χ3n) is 5.72. The number of hydrogen-bond donors (Lipinski definition) is 2. The quantitative estimate of drug-likeness (QED) is 0.618. The lowest BCUT2D eigenvalue weighted by molar-refractivity contribution is 0.0935. The normalized spacial score (nSPS) is 15.2. The number of carbonyl (C=O) groups excluding carboxylic acids is 2. The Balaban J connectivity index is 1.31. The van der Waals surface area contributed by atoms with Gasteiger partial charge in [-0.3, -0.25) is 19.3 Å². The van der Waals surface area contributed by atoms with Gasteiger partial charge in [-0.2, -0.15) is 5.10 Å². The van der Waals surface area contributed by atoms with Crippen molar-refractivity contribution in [3.05, 3.63) is 82.9 Å². The second kappa shape index (κ2) is 9.55. The molecule has 3 aromatic rings. The van der Waals surface area contributed by atoms with E-state index in [-0.39, 0.29) is 17.7 Å². The molecule has 31 heavy (non-hydrogen) atoms. The van der Waals surface area contributed by atoms with Crippen LogP contribution in [0.5, 0.6) is 0 Å². The molecule has 0 fully saturated rings. The maximum atomic E-state index is 12.7. The number of rotatable bonds is 7. The fourth-order valence-corrected chi connectivity index (χ4v) is 3.87. The van der Waals surface area contributed by atoms with Crippen molar-refractivity contribution in [2.45, 2.75) is 32.7 Å². The van der Waals surface area contributed by atoms with E-state index in [9.17, 15) is 9.59 Å². The molecule has 4 rings (SSSR count). The maximum absolute atomic E-state index is 12.7. The molecule has 1 aromatic carbocycles. The van der Waals surface area contributed by atoms with Gasteiger partial charge < -0.3 is 10.6 Å². The van der Waals surface area contributed by atoms with Gasteiger partial charge in [0, 0.05) is 32.0 Å². The molecule has 1 atom stereocenters. The molecule has 160 valence electrons. The van der Waals surface area contributed by atoms with Gasteiger partial charge in [-0.15, -0.1) is 0 Å². The zero-order valence-corrected chi connectivity index (χ0v) is 17.7. The molecule has 0 bridgehead atoms. The van der Waals surface area contributed by atoms with E-state index >= 15 is 0 Å². The summed E-state index contributed by atoms with van der Waals surface area (Å²) in [7, 11) is 0. The van der Waals surface area contributed by atoms with E-state index in [0.29, 0.717) is 30.6 Å².